The molecule has 2 rings (SSSR count). The van der Waals surface area contributed by atoms with Crippen LogP contribution in [0.1, 0.15) is 31.5 Å². The summed E-state index contributed by atoms with van der Waals surface area (Å²) in [6, 6.07) is 5.70. The van der Waals surface area contributed by atoms with Crippen LogP contribution >= 0.6 is 0 Å². The molecule has 6 heteroatoms. The molecule has 0 aliphatic rings. The minimum atomic E-state index is 0.361. The van der Waals surface area contributed by atoms with E-state index in [4.69, 9.17) is 15.2 Å². The summed E-state index contributed by atoms with van der Waals surface area (Å²) in [6.45, 7) is 6.88. The monoisotopic (exact) mass is 316 g/mol. The van der Waals surface area contributed by atoms with E-state index in [2.05, 4.69) is 23.9 Å². The number of ether oxygens (including phenoxy) is 2. The molecule has 0 saturated carbocycles. The van der Waals surface area contributed by atoms with Crippen LogP contribution in [-0.4, -0.2) is 29.6 Å². The molecule has 2 N–H and O–H groups in total. The van der Waals surface area contributed by atoms with E-state index in [0.29, 0.717) is 24.2 Å². The normalized spacial score (nSPS) is 11.3. The molecule has 23 heavy (non-hydrogen) atoms. The molecule has 0 saturated heterocycles. The number of benzene rings is 1. The first-order chi connectivity index (χ1) is 11.0. The number of aryl methyl sites for hydroxylation is 1. The van der Waals surface area contributed by atoms with Crippen molar-refractivity contribution in [2.45, 2.75) is 27.2 Å². The molecule has 1 aromatic carbocycles. The Labute approximate surface area is 136 Å². The topological polar surface area (TPSA) is 74.7 Å². The number of methoxy groups -OCH3 is 1. The molecule has 0 spiro atoms. The molecule has 0 amide bonds. The smallest absolute Gasteiger partial charge is 0.221 e. The van der Waals surface area contributed by atoms with Gasteiger partial charge < -0.3 is 15.2 Å². The number of imidazole rings is 1. The fourth-order valence-corrected chi connectivity index (χ4v) is 2.01. The van der Waals surface area contributed by atoms with Gasteiger partial charge in [0.2, 0.25) is 5.95 Å². The average Bonchev–Trinajstić information content (AvgIpc) is 2.83. The van der Waals surface area contributed by atoms with Crippen LogP contribution in [0.2, 0.25) is 0 Å². The fraction of sp³-hybridized carbons (Fsp3) is 0.412. The van der Waals surface area contributed by atoms with E-state index >= 15 is 0 Å². The van der Waals surface area contributed by atoms with Gasteiger partial charge in [-0.2, -0.15) is 5.10 Å². The highest BCUT2D eigenvalue weighted by Gasteiger charge is 2.06. The maximum Gasteiger partial charge on any atom is 0.221 e. The molecule has 6 nitrogen and oxygen atoms in total. The van der Waals surface area contributed by atoms with E-state index in [1.54, 1.807) is 19.5 Å². The van der Waals surface area contributed by atoms with Crippen molar-refractivity contribution < 1.29 is 9.47 Å². The lowest BCUT2D eigenvalue weighted by atomic mass is 10.1. The number of hydrogen-bond acceptors (Lipinski definition) is 5. The lowest BCUT2D eigenvalue weighted by Gasteiger charge is -2.12. The lowest BCUT2D eigenvalue weighted by molar-refractivity contribution is 0.273. The second kappa shape index (κ2) is 7.67. The summed E-state index contributed by atoms with van der Waals surface area (Å²) in [5.41, 5.74) is 7.48. The number of aromatic nitrogens is 2. The van der Waals surface area contributed by atoms with Gasteiger partial charge in [-0.25, -0.2) is 9.66 Å². The van der Waals surface area contributed by atoms with Gasteiger partial charge in [-0.1, -0.05) is 13.8 Å². The van der Waals surface area contributed by atoms with Crippen LogP contribution in [0, 0.1) is 12.8 Å². The number of nitrogen functional groups attached to an aromatic ring is 1. The van der Waals surface area contributed by atoms with E-state index in [1.165, 1.54) is 4.68 Å². The summed E-state index contributed by atoms with van der Waals surface area (Å²) in [5, 5.41) is 4.30. The number of hydrogen-bond donors (Lipinski definition) is 1. The van der Waals surface area contributed by atoms with Gasteiger partial charge >= 0.3 is 0 Å². The largest absolute Gasteiger partial charge is 0.493 e. The summed E-state index contributed by atoms with van der Waals surface area (Å²) in [4.78, 5) is 4.10. The summed E-state index contributed by atoms with van der Waals surface area (Å²) >= 11 is 0. The van der Waals surface area contributed by atoms with Crippen molar-refractivity contribution in [2.24, 2.45) is 11.0 Å². The molecule has 0 atom stereocenters. The zero-order valence-corrected chi connectivity index (χ0v) is 14.1. The van der Waals surface area contributed by atoms with E-state index in [9.17, 15) is 0 Å². The first-order valence-corrected chi connectivity index (χ1v) is 7.66. The van der Waals surface area contributed by atoms with Crippen molar-refractivity contribution in [3.63, 3.8) is 0 Å². The highest BCUT2D eigenvalue weighted by molar-refractivity contribution is 5.81. The Morgan fingerprint density at radius 2 is 2.13 bits per heavy atom. The predicted molar refractivity (Wildman–Crippen MR) is 92.3 cm³/mol. The second-order valence-electron chi connectivity index (χ2n) is 5.77. The maximum absolute atomic E-state index is 5.77. The van der Waals surface area contributed by atoms with E-state index in [-0.39, 0.29) is 0 Å². The Kier molecular flexibility index (Phi) is 5.62. The van der Waals surface area contributed by atoms with E-state index < -0.39 is 0 Å². The van der Waals surface area contributed by atoms with Gasteiger partial charge in [-0.05, 0) is 43.0 Å². The molecule has 2 aromatic rings. The molecule has 0 fully saturated rings. The summed E-state index contributed by atoms with van der Waals surface area (Å²) in [6.07, 6.45) is 4.48. The van der Waals surface area contributed by atoms with Gasteiger partial charge in [-0.3, -0.25) is 0 Å². The van der Waals surface area contributed by atoms with Crippen LogP contribution in [0.4, 0.5) is 5.95 Å². The van der Waals surface area contributed by atoms with Gasteiger partial charge in [0.15, 0.2) is 11.5 Å². The van der Waals surface area contributed by atoms with Crippen LogP contribution in [0.25, 0.3) is 0 Å². The quantitative estimate of drug-likeness (QED) is 0.797. The van der Waals surface area contributed by atoms with Crippen molar-refractivity contribution >= 4 is 12.2 Å². The molecular formula is C17H24N4O2. The zero-order chi connectivity index (χ0) is 16.8. The van der Waals surface area contributed by atoms with Crippen molar-refractivity contribution in [3.8, 4) is 11.5 Å². The lowest BCUT2D eigenvalue weighted by Crippen LogP contribution is -2.03. The Bertz CT molecular complexity index is 677. The third-order valence-electron chi connectivity index (χ3n) is 3.31. The Morgan fingerprint density at radius 1 is 1.35 bits per heavy atom. The molecular weight excluding hydrogens is 292 g/mol. The SMILES string of the molecule is COc1cc(C=Nn2cc(C)nc2N)ccc1OCCC(C)C. The van der Waals surface area contributed by atoms with Gasteiger partial charge in [0.1, 0.15) is 0 Å². The minimum absolute atomic E-state index is 0.361. The molecule has 0 aliphatic carbocycles. The molecule has 0 radical (unpaired) electrons. The van der Waals surface area contributed by atoms with Crippen LogP contribution in [0.3, 0.4) is 0 Å². The Balaban J connectivity index is 2.10. The third kappa shape index (κ3) is 4.74. The molecule has 0 unspecified atom stereocenters. The molecule has 1 heterocycles. The molecule has 124 valence electrons. The van der Waals surface area contributed by atoms with Gasteiger partial charge in [0.05, 0.1) is 31.8 Å². The van der Waals surface area contributed by atoms with Gasteiger partial charge in [0, 0.05) is 0 Å². The van der Waals surface area contributed by atoms with Crippen LogP contribution < -0.4 is 15.2 Å². The van der Waals surface area contributed by atoms with Crippen molar-refractivity contribution in [1.29, 1.82) is 0 Å². The van der Waals surface area contributed by atoms with E-state index in [0.717, 1.165) is 23.4 Å². The Morgan fingerprint density at radius 3 is 2.74 bits per heavy atom. The summed E-state index contributed by atoms with van der Waals surface area (Å²) < 4.78 is 12.7. The minimum Gasteiger partial charge on any atom is -0.493 e. The molecule has 0 bridgehead atoms. The van der Waals surface area contributed by atoms with Crippen molar-refractivity contribution in [3.05, 3.63) is 35.7 Å². The first kappa shape index (κ1) is 16.9. The highest BCUT2D eigenvalue weighted by Crippen LogP contribution is 2.28. The van der Waals surface area contributed by atoms with Crippen molar-refractivity contribution in [1.82, 2.24) is 9.66 Å². The molecule has 0 aliphatic heterocycles. The molecule has 1 aromatic heterocycles. The predicted octanol–water partition coefficient (Wildman–Crippen LogP) is 3.09. The second-order valence-corrected chi connectivity index (χ2v) is 5.77. The van der Waals surface area contributed by atoms with Crippen LogP contribution in [0.15, 0.2) is 29.5 Å². The number of nitrogens with two attached hydrogens (primary N) is 1. The highest BCUT2D eigenvalue weighted by atomic mass is 16.5. The number of nitrogens with zero attached hydrogens (tertiary/aromatic N) is 3. The third-order valence-corrected chi connectivity index (χ3v) is 3.31. The standard InChI is InChI=1S/C17H24N4O2/c1-12(2)7-8-23-15-6-5-14(9-16(15)22-4)10-19-21-11-13(3)20-17(21)18/h5-6,9-12H,7-8H2,1-4H3,(H2,18,20). The fourth-order valence-electron chi connectivity index (χ4n) is 2.01. The number of rotatable bonds is 7. The maximum atomic E-state index is 5.77. The summed E-state index contributed by atoms with van der Waals surface area (Å²) in [7, 11) is 1.63. The zero-order valence-electron chi connectivity index (χ0n) is 14.1. The van der Waals surface area contributed by atoms with Crippen LogP contribution in [0.5, 0.6) is 11.5 Å². The van der Waals surface area contributed by atoms with Crippen LogP contribution in [-0.2, 0) is 0 Å². The first-order valence-electron chi connectivity index (χ1n) is 7.66. The summed E-state index contributed by atoms with van der Waals surface area (Å²) in [5.74, 6) is 2.40. The number of anilines is 1. The van der Waals surface area contributed by atoms with E-state index in [1.807, 2.05) is 25.1 Å². The van der Waals surface area contributed by atoms with Gasteiger partial charge in [0.25, 0.3) is 0 Å². The van der Waals surface area contributed by atoms with Gasteiger partial charge in [-0.15, -0.1) is 0 Å². The average molecular weight is 316 g/mol. The van der Waals surface area contributed by atoms with Crippen molar-refractivity contribution in [2.75, 3.05) is 19.5 Å². The Hall–Kier alpha value is -2.50.